The molecule has 3 heteroatoms. The summed E-state index contributed by atoms with van der Waals surface area (Å²) in [6.07, 6.45) is 0. The summed E-state index contributed by atoms with van der Waals surface area (Å²) < 4.78 is 0. The van der Waals surface area contributed by atoms with Crippen molar-refractivity contribution in [2.45, 2.75) is 33.1 Å². The Labute approximate surface area is 112 Å². The second-order valence-corrected chi connectivity index (χ2v) is 6.37. The Balaban J connectivity index is 2.38. The molecule has 0 unspecified atom stereocenters. The molecule has 1 aromatic heterocycles. The minimum atomic E-state index is 0.162. The van der Waals surface area contributed by atoms with Crippen LogP contribution in [0, 0.1) is 18.3 Å². The van der Waals surface area contributed by atoms with E-state index in [1.165, 1.54) is 16.9 Å². The van der Waals surface area contributed by atoms with Crippen molar-refractivity contribution in [3.05, 3.63) is 40.4 Å². The summed E-state index contributed by atoms with van der Waals surface area (Å²) in [6, 6.07) is 10.6. The van der Waals surface area contributed by atoms with Crippen molar-refractivity contribution in [1.29, 1.82) is 5.26 Å². The summed E-state index contributed by atoms with van der Waals surface area (Å²) in [5.41, 5.74) is 3.37. The van der Waals surface area contributed by atoms with Crippen LogP contribution in [0.2, 0.25) is 0 Å². The molecule has 0 radical (unpaired) electrons. The molecular formula is C15H16N2S. The summed E-state index contributed by atoms with van der Waals surface area (Å²) in [7, 11) is 0. The highest BCUT2D eigenvalue weighted by atomic mass is 32.1. The van der Waals surface area contributed by atoms with Gasteiger partial charge in [-0.2, -0.15) is 5.26 Å². The minimum Gasteiger partial charge on any atom is -0.240 e. The molecule has 0 spiro atoms. The van der Waals surface area contributed by atoms with E-state index >= 15 is 0 Å². The highest BCUT2D eigenvalue weighted by Gasteiger charge is 2.14. The number of aromatic nitrogens is 1. The third-order valence-corrected chi connectivity index (χ3v) is 4.01. The van der Waals surface area contributed by atoms with Crippen LogP contribution in [0.4, 0.5) is 0 Å². The SMILES string of the molecule is Cc1nc(-c2ccc(C(C)(C)C)cc2)sc1C#N. The number of nitrogens with zero attached hydrogens (tertiary/aromatic N) is 2. The lowest BCUT2D eigenvalue weighted by atomic mass is 9.87. The zero-order valence-electron chi connectivity index (χ0n) is 11.1. The molecule has 0 aliphatic heterocycles. The van der Waals surface area contributed by atoms with Gasteiger partial charge in [0.25, 0.3) is 0 Å². The van der Waals surface area contributed by atoms with Gasteiger partial charge in [0.1, 0.15) is 16.0 Å². The van der Waals surface area contributed by atoms with E-state index in [1.54, 1.807) is 0 Å². The van der Waals surface area contributed by atoms with Gasteiger partial charge in [0, 0.05) is 5.56 Å². The molecule has 0 N–H and O–H groups in total. The monoisotopic (exact) mass is 256 g/mol. The molecule has 1 aromatic carbocycles. The lowest BCUT2D eigenvalue weighted by Gasteiger charge is -2.18. The van der Waals surface area contributed by atoms with Crippen molar-refractivity contribution in [3.63, 3.8) is 0 Å². The Kier molecular flexibility index (Phi) is 3.23. The van der Waals surface area contributed by atoms with Crippen molar-refractivity contribution in [2.75, 3.05) is 0 Å². The van der Waals surface area contributed by atoms with Crippen LogP contribution in [0.1, 0.15) is 36.9 Å². The van der Waals surface area contributed by atoms with Crippen molar-refractivity contribution in [1.82, 2.24) is 4.98 Å². The van der Waals surface area contributed by atoms with Gasteiger partial charge in [0.15, 0.2) is 0 Å². The minimum absolute atomic E-state index is 0.162. The van der Waals surface area contributed by atoms with Crippen LogP contribution in [0.25, 0.3) is 10.6 Å². The molecule has 2 nitrogen and oxygen atoms in total. The van der Waals surface area contributed by atoms with E-state index in [-0.39, 0.29) is 5.41 Å². The van der Waals surface area contributed by atoms with Gasteiger partial charge in [-0.25, -0.2) is 4.98 Å². The topological polar surface area (TPSA) is 36.7 Å². The molecule has 0 aliphatic carbocycles. The Morgan fingerprint density at radius 1 is 1.17 bits per heavy atom. The highest BCUT2D eigenvalue weighted by Crippen LogP contribution is 2.29. The van der Waals surface area contributed by atoms with Gasteiger partial charge in [0.05, 0.1) is 5.69 Å². The molecule has 0 saturated carbocycles. The van der Waals surface area contributed by atoms with Gasteiger partial charge in [-0.05, 0) is 17.9 Å². The van der Waals surface area contributed by atoms with Crippen molar-refractivity contribution in [2.24, 2.45) is 0 Å². The fraction of sp³-hybridized carbons (Fsp3) is 0.333. The molecule has 0 amide bonds. The fourth-order valence-electron chi connectivity index (χ4n) is 1.74. The molecule has 0 saturated heterocycles. The number of thiazole rings is 1. The fourth-order valence-corrected chi connectivity index (χ4v) is 2.61. The summed E-state index contributed by atoms with van der Waals surface area (Å²) in [4.78, 5) is 5.14. The van der Waals surface area contributed by atoms with Crippen LogP contribution in [-0.2, 0) is 5.41 Å². The van der Waals surface area contributed by atoms with Crippen molar-refractivity contribution in [3.8, 4) is 16.6 Å². The van der Waals surface area contributed by atoms with E-state index in [2.05, 4.69) is 56.1 Å². The second-order valence-electron chi connectivity index (χ2n) is 5.37. The zero-order chi connectivity index (χ0) is 13.3. The number of nitriles is 1. The Hall–Kier alpha value is -1.66. The first-order valence-electron chi connectivity index (χ1n) is 5.90. The van der Waals surface area contributed by atoms with E-state index in [0.29, 0.717) is 4.88 Å². The maximum atomic E-state index is 8.95. The molecule has 1 heterocycles. The maximum Gasteiger partial charge on any atom is 0.128 e. The van der Waals surface area contributed by atoms with Crippen LogP contribution in [0.3, 0.4) is 0 Å². The van der Waals surface area contributed by atoms with Gasteiger partial charge >= 0.3 is 0 Å². The molecule has 92 valence electrons. The summed E-state index contributed by atoms with van der Waals surface area (Å²) in [5, 5.41) is 9.87. The van der Waals surface area contributed by atoms with E-state index in [0.717, 1.165) is 16.3 Å². The predicted molar refractivity (Wildman–Crippen MR) is 75.7 cm³/mol. The third kappa shape index (κ3) is 2.44. The van der Waals surface area contributed by atoms with E-state index in [4.69, 9.17) is 5.26 Å². The number of hydrogen-bond acceptors (Lipinski definition) is 3. The van der Waals surface area contributed by atoms with E-state index < -0.39 is 0 Å². The normalized spacial score (nSPS) is 11.3. The summed E-state index contributed by atoms with van der Waals surface area (Å²) in [6.45, 7) is 8.47. The molecule has 0 atom stereocenters. The van der Waals surface area contributed by atoms with Crippen molar-refractivity contribution < 1.29 is 0 Å². The van der Waals surface area contributed by atoms with E-state index in [9.17, 15) is 0 Å². The van der Waals surface area contributed by atoms with Crippen LogP contribution in [0.5, 0.6) is 0 Å². The van der Waals surface area contributed by atoms with Gasteiger partial charge in [-0.15, -0.1) is 11.3 Å². The average Bonchev–Trinajstić information content (AvgIpc) is 2.69. The number of rotatable bonds is 1. The zero-order valence-corrected chi connectivity index (χ0v) is 11.9. The summed E-state index contributed by atoms with van der Waals surface area (Å²) >= 11 is 1.45. The summed E-state index contributed by atoms with van der Waals surface area (Å²) in [5.74, 6) is 0. The molecule has 2 rings (SSSR count). The average molecular weight is 256 g/mol. The lowest BCUT2D eigenvalue weighted by Crippen LogP contribution is -2.10. The van der Waals surface area contributed by atoms with Gasteiger partial charge in [-0.1, -0.05) is 45.0 Å². The molecule has 0 aliphatic rings. The number of hydrogen-bond donors (Lipinski definition) is 0. The van der Waals surface area contributed by atoms with Crippen LogP contribution in [-0.4, -0.2) is 4.98 Å². The molecular weight excluding hydrogens is 240 g/mol. The second kappa shape index (κ2) is 4.55. The van der Waals surface area contributed by atoms with Crippen LogP contribution in [0.15, 0.2) is 24.3 Å². The smallest absolute Gasteiger partial charge is 0.128 e. The predicted octanol–water partition coefficient (Wildman–Crippen LogP) is 4.29. The number of benzene rings is 1. The number of aryl methyl sites for hydroxylation is 1. The quantitative estimate of drug-likeness (QED) is 0.763. The Bertz CT molecular complexity index is 595. The first kappa shape index (κ1) is 12.8. The van der Waals surface area contributed by atoms with E-state index in [1.807, 2.05) is 6.92 Å². The standard InChI is InChI=1S/C15H16N2S/c1-10-13(9-16)18-14(17-10)11-5-7-12(8-6-11)15(2,3)4/h5-8H,1-4H3. The third-order valence-electron chi connectivity index (χ3n) is 2.90. The molecule has 18 heavy (non-hydrogen) atoms. The van der Waals surface area contributed by atoms with Crippen LogP contribution < -0.4 is 0 Å². The van der Waals surface area contributed by atoms with Crippen molar-refractivity contribution >= 4 is 11.3 Å². The van der Waals surface area contributed by atoms with Crippen LogP contribution >= 0.6 is 11.3 Å². The Morgan fingerprint density at radius 2 is 1.78 bits per heavy atom. The van der Waals surface area contributed by atoms with Gasteiger partial charge in [-0.3, -0.25) is 0 Å². The first-order valence-corrected chi connectivity index (χ1v) is 6.72. The lowest BCUT2D eigenvalue weighted by molar-refractivity contribution is 0.590. The first-order chi connectivity index (χ1) is 8.41. The molecule has 2 aromatic rings. The maximum absolute atomic E-state index is 8.95. The largest absolute Gasteiger partial charge is 0.240 e. The molecule has 0 bridgehead atoms. The Morgan fingerprint density at radius 3 is 2.22 bits per heavy atom. The highest BCUT2D eigenvalue weighted by molar-refractivity contribution is 7.15. The van der Waals surface area contributed by atoms with Gasteiger partial charge in [0.2, 0.25) is 0 Å². The van der Waals surface area contributed by atoms with Gasteiger partial charge < -0.3 is 0 Å². The molecule has 0 fully saturated rings.